The highest BCUT2D eigenvalue weighted by Gasteiger charge is 2.30. The molecule has 2 rings (SSSR count). The molecule has 5 nitrogen and oxygen atoms in total. The van der Waals surface area contributed by atoms with Gasteiger partial charge in [0.1, 0.15) is 0 Å². The van der Waals surface area contributed by atoms with Gasteiger partial charge in [0.2, 0.25) is 0 Å². The molecule has 0 spiro atoms. The van der Waals surface area contributed by atoms with Crippen LogP contribution in [-0.2, 0) is 7.05 Å². The third kappa shape index (κ3) is 3.33. The summed E-state index contributed by atoms with van der Waals surface area (Å²) in [5, 5.41) is 7.54. The topological polar surface area (TPSA) is 50.2 Å². The molecule has 6 heteroatoms. The maximum absolute atomic E-state index is 12.5. The number of carbonyl (C=O) groups is 1. The molecule has 1 saturated heterocycles. The van der Waals surface area contributed by atoms with Crippen LogP contribution in [0.1, 0.15) is 48.8 Å². The first-order chi connectivity index (χ1) is 9.04. The highest BCUT2D eigenvalue weighted by atomic mass is 35.5. The van der Waals surface area contributed by atoms with E-state index in [1.54, 1.807) is 0 Å². The largest absolute Gasteiger partial charge is 0.333 e. The Morgan fingerprint density at radius 2 is 2.25 bits per heavy atom. The van der Waals surface area contributed by atoms with E-state index in [9.17, 15) is 4.79 Å². The highest BCUT2D eigenvalue weighted by molar-refractivity contribution is 5.92. The van der Waals surface area contributed by atoms with Crippen molar-refractivity contribution in [1.29, 1.82) is 0 Å². The number of aryl methyl sites for hydroxylation is 1. The van der Waals surface area contributed by atoms with E-state index in [-0.39, 0.29) is 18.3 Å². The first-order valence-corrected chi connectivity index (χ1v) is 7.04. The van der Waals surface area contributed by atoms with E-state index in [2.05, 4.69) is 24.3 Å². The summed E-state index contributed by atoms with van der Waals surface area (Å²) in [4.78, 5) is 14.5. The standard InChI is InChI=1S/C14H24N4O.ClH/c1-10(2)13-8-12(16-17(13)4)14(19)18-7-5-6-11(18)9-15-3;/h8,10-11,15H,5-7,9H2,1-4H3;1H. The van der Waals surface area contributed by atoms with Gasteiger partial charge in [0.05, 0.1) is 0 Å². The fourth-order valence-corrected chi connectivity index (χ4v) is 2.82. The van der Waals surface area contributed by atoms with Crippen molar-refractivity contribution in [1.82, 2.24) is 20.0 Å². The van der Waals surface area contributed by atoms with Crippen molar-refractivity contribution >= 4 is 18.3 Å². The van der Waals surface area contributed by atoms with Gasteiger partial charge in [-0.3, -0.25) is 9.48 Å². The van der Waals surface area contributed by atoms with E-state index in [1.165, 1.54) is 0 Å². The molecule has 0 aliphatic carbocycles. The minimum atomic E-state index is 0. The average molecular weight is 301 g/mol. The molecule has 1 amide bonds. The molecular formula is C14H25ClN4O. The fraction of sp³-hybridized carbons (Fsp3) is 0.714. The maximum atomic E-state index is 12.5. The van der Waals surface area contributed by atoms with Gasteiger partial charge < -0.3 is 10.2 Å². The van der Waals surface area contributed by atoms with Crippen molar-refractivity contribution < 1.29 is 4.79 Å². The second kappa shape index (κ2) is 7.09. The first kappa shape index (κ1) is 17.0. The van der Waals surface area contributed by atoms with E-state index < -0.39 is 0 Å². The average Bonchev–Trinajstić information content (AvgIpc) is 2.95. The van der Waals surface area contributed by atoms with Crippen molar-refractivity contribution in [3.63, 3.8) is 0 Å². The van der Waals surface area contributed by atoms with Gasteiger partial charge in [0, 0.05) is 31.9 Å². The molecule has 1 aromatic heterocycles. The fourth-order valence-electron chi connectivity index (χ4n) is 2.82. The second-order valence-corrected chi connectivity index (χ2v) is 5.59. The summed E-state index contributed by atoms with van der Waals surface area (Å²) in [5.74, 6) is 0.450. The van der Waals surface area contributed by atoms with Gasteiger partial charge in [0.25, 0.3) is 5.91 Å². The lowest BCUT2D eigenvalue weighted by molar-refractivity contribution is 0.0730. The molecule has 0 radical (unpaired) electrons. The SMILES string of the molecule is CNCC1CCCN1C(=O)c1cc(C(C)C)n(C)n1.Cl. The van der Waals surface area contributed by atoms with Crippen LogP contribution in [0.2, 0.25) is 0 Å². The van der Waals surface area contributed by atoms with Crippen LogP contribution in [0.5, 0.6) is 0 Å². The quantitative estimate of drug-likeness (QED) is 0.922. The van der Waals surface area contributed by atoms with Crippen LogP contribution >= 0.6 is 12.4 Å². The molecule has 20 heavy (non-hydrogen) atoms. The van der Waals surface area contributed by atoms with Crippen LogP contribution < -0.4 is 5.32 Å². The van der Waals surface area contributed by atoms with Gasteiger partial charge in [0.15, 0.2) is 5.69 Å². The molecule has 1 aliphatic heterocycles. The van der Waals surface area contributed by atoms with Gasteiger partial charge >= 0.3 is 0 Å². The van der Waals surface area contributed by atoms with Crippen molar-refractivity contribution in [3.05, 3.63) is 17.5 Å². The Bertz CT molecular complexity index is 458. The lowest BCUT2D eigenvalue weighted by Crippen LogP contribution is -2.41. The summed E-state index contributed by atoms with van der Waals surface area (Å²) in [5.41, 5.74) is 1.68. The van der Waals surface area contributed by atoms with Crippen molar-refractivity contribution in [2.75, 3.05) is 20.1 Å². The van der Waals surface area contributed by atoms with E-state index in [4.69, 9.17) is 0 Å². The molecular weight excluding hydrogens is 276 g/mol. The summed E-state index contributed by atoms with van der Waals surface area (Å²) in [7, 11) is 3.83. The molecule has 1 atom stereocenters. The molecule has 1 unspecified atom stereocenters. The number of aromatic nitrogens is 2. The predicted molar refractivity (Wildman–Crippen MR) is 82.5 cm³/mol. The molecule has 1 N–H and O–H groups in total. The number of nitrogens with zero attached hydrogens (tertiary/aromatic N) is 3. The molecule has 114 valence electrons. The van der Waals surface area contributed by atoms with E-state index in [1.807, 2.05) is 29.7 Å². The smallest absolute Gasteiger partial charge is 0.274 e. The number of nitrogens with one attached hydrogen (secondary N) is 1. The Hall–Kier alpha value is -1.07. The highest BCUT2D eigenvalue weighted by Crippen LogP contribution is 2.21. The Morgan fingerprint density at radius 1 is 1.55 bits per heavy atom. The van der Waals surface area contributed by atoms with Gasteiger partial charge in [-0.25, -0.2) is 0 Å². The Kier molecular flexibility index (Phi) is 6.02. The predicted octanol–water partition coefficient (Wildman–Crippen LogP) is 1.79. The molecule has 1 aliphatic rings. The number of hydrogen-bond donors (Lipinski definition) is 1. The molecule has 0 aromatic carbocycles. The van der Waals surface area contributed by atoms with Crippen molar-refractivity contribution in [2.24, 2.45) is 7.05 Å². The third-order valence-corrected chi connectivity index (χ3v) is 3.80. The zero-order chi connectivity index (χ0) is 14.0. The van der Waals surface area contributed by atoms with E-state index in [0.717, 1.165) is 31.6 Å². The zero-order valence-electron chi connectivity index (χ0n) is 12.7. The normalized spacial score (nSPS) is 18.4. The second-order valence-electron chi connectivity index (χ2n) is 5.59. The lowest BCUT2D eigenvalue weighted by Gasteiger charge is -2.23. The minimum absolute atomic E-state index is 0. The number of rotatable bonds is 4. The van der Waals surface area contributed by atoms with Crippen molar-refractivity contribution in [2.45, 2.75) is 38.6 Å². The Balaban J connectivity index is 0.00000200. The molecule has 2 heterocycles. The number of amides is 1. The molecule has 1 aromatic rings. The van der Waals surface area contributed by atoms with Gasteiger partial charge in [-0.2, -0.15) is 5.10 Å². The maximum Gasteiger partial charge on any atom is 0.274 e. The van der Waals surface area contributed by atoms with Crippen LogP contribution in [-0.4, -0.2) is 46.8 Å². The van der Waals surface area contributed by atoms with E-state index in [0.29, 0.717) is 17.7 Å². The summed E-state index contributed by atoms with van der Waals surface area (Å²) in [6.45, 7) is 5.93. The molecule has 0 saturated carbocycles. The summed E-state index contributed by atoms with van der Waals surface area (Å²) in [6, 6.07) is 2.24. The number of likely N-dealkylation sites (N-methyl/N-ethyl adjacent to an activating group) is 1. The number of likely N-dealkylation sites (tertiary alicyclic amines) is 1. The number of hydrogen-bond acceptors (Lipinski definition) is 3. The van der Waals surface area contributed by atoms with Crippen LogP contribution in [0.3, 0.4) is 0 Å². The van der Waals surface area contributed by atoms with Gasteiger partial charge in [-0.15, -0.1) is 12.4 Å². The van der Waals surface area contributed by atoms with Crippen molar-refractivity contribution in [3.8, 4) is 0 Å². The molecule has 0 bridgehead atoms. The van der Waals surface area contributed by atoms with E-state index >= 15 is 0 Å². The molecule has 1 fully saturated rings. The van der Waals surface area contributed by atoms with Crippen LogP contribution in [0.25, 0.3) is 0 Å². The summed E-state index contributed by atoms with van der Waals surface area (Å²) < 4.78 is 1.82. The van der Waals surface area contributed by atoms with Crippen LogP contribution in [0, 0.1) is 0 Å². The first-order valence-electron chi connectivity index (χ1n) is 7.04. The summed E-state index contributed by atoms with van der Waals surface area (Å²) in [6.07, 6.45) is 2.17. The Morgan fingerprint density at radius 3 is 2.80 bits per heavy atom. The number of halogens is 1. The lowest BCUT2D eigenvalue weighted by atomic mass is 10.1. The van der Waals surface area contributed by atoms with Gasteiger partial charge in [-0.05, 0) is 31.9 Å². The van der Waals surface area contributed by atoms with Crippen LogP contribution in [0.4, 0.5) is 0 Å². The zero-order valence-corrected chi connectivity index (χ0v) is 13.5. The summed E-state index contributed by atoms with van der Waals surface area (Å²) >= 11 is 0. The minimum Gasteiger partial charge on any atom is -0.333 e. The third-order valence-electron chi connectivity index (χ3n) is 3.80. The van der Waals surface area contributed by atoms with Gasteiger partial charge in [-0.1, -0.05) is 13.8 Å². The monoisotopic (exact) mass is 300 g/mol. The van der Waals surface area contributed by atoms with Crippen LogP contribution in [0.15, 0.2) is 6.07 Å². The number of carbonyl (C=O) groups excluding carboxylic acids is 1. The Labute approximate surface area is 127 Å².